The van der Waals surface area contributed by atoms with Gasteiger partial charge < -0.3 is 15.1 Å². The van der Waals surface area contributed by atoms with E-state index in [-0.39, 0.29) is 35.8 Å². The highest BCUT2D eigenvalue weighted by Crippen LogP contribution is 2.24. The average Bonchev–Trinajstić information content (AvgIpc) is 3.01. The van der Waals surface area contributed by atoms with E-state index in [1.54, 1.807) is 11.4 Å². The summed E-state index contributed by atoms with van der Waals surface area (Å²) in [6.07, 6.45) is 2.19. The van der Waals surface area contributed by atoms with Crippen LogP contribution in [-0.2, 0) is 16.6 Å². The SMILES string of the molecule is CCCS(=O)(=O)N1CCC(NC(=NC)NCc2oc3ccccc3c2C)CC1.I. The summed E-state index contributed by atoms with van der Waals surface area (Å²) in [4.78, 5) is 4.30. The lowest BCUT2D eigenvalue weighted by atomic mass is 10.1. The predicted molar refractivity (Wildman–Crippen MR) is 128 cm³/mol. The lowest BCUT2D eigenvalue weighted by Gasteiger charge is -2.32. The van der Waals surface area contributed by atoms with Gasteiger partial charge >= 0.3 is 0 Å². The molecule has 0 amide bonds. The van der Waals surface area contributed by atoms with Crippen molar-refractivity contribution in [3.63, 3.8) is 0 Å². The Hall–Kier alpha value is -1.33. The van der Waals surface area contributed by atoms with Crippen LogP contribution in [0.5, 0.6) is 0 Å². The molecule has 162 valence electrons. The van der Waals surface area contributed by atoms with Gasteiger partial charge in [0.1, 0.15) is 11.3 Å². The number of furan rings is 1. The normalized spacial score (nSPS) is 16.6. The van der Waals surface area contributed by atoms with Crippen molar-refractivity contribution in [2.24, 2.45) is 4.99 Å². The fraction of sp³-hybridized carbons (Fsp3) is 0.550. The summed E-state index contributed by atoms with van der Waals surface area (Å²) < 4.78 is 31.9. The smallest absolute Gasteiger partial charge is 0.214 e. The predicted octanol–water partition coefficient (Wildman–Crippen LogP) is 3.23. The topological polar surface area (TPSA) is 86.9 Å². The Morgan fingerprint density at radius 1 is 1.28 bits per heavy atom. The first-order chi connectivity index (χ1) is 13.4. The molecule has 0 saturated carbocycles. The molecule has 0 atom stereocenters. The first-order valence-corrected chi connectivity index (χ1v) is 11.5. The summed E-state index contributed by atoms with van der Waals surface area (Å²) in [5.74, 6) is 1.82. The van der Waals surface area contributed by atoms with Crippen LogP contribution < -0.4 is 10.6 Å². The first kappa shape index (κ1) is 23.9. The van der Waals surface area contributed by atoms with Crippen molar-refractivity contribution in [3.8, 4) is 0 Å². The van der Waals surface area contributed by atoms with Crippen LogP contribution in [0.15, 0.2) is 33.7 Å². The molecule has 0 spiro atoms. The van der Waals surface area contributed by atoms with E-state index < -0.39 is 10.0 Å². The Labute approximate surface area is 190 Å². The Balaban J connectivity index is 0.00000300. The molecule has 0 unspecified atom stereocenters. The molecule has 2 aromatic rings. The fourth-order valence-electron chi connectivity index (χ4n) is 3.61. The molecule has 1 aliphatic rings. The van der Waals surface area contributed by atoms with E-state index in [1.165, 1.54) is 0 Å². The third-order valence-electron chi connectivity index (χ3n) is 5.23. The summed E-state index contributed by atoms with van der Waals surface area (Å²) in [5, 5.41) is 7.85. The highest BCUT2D eigenvalue weighted by Gasteiger charge is 2.27. The van der Waals surface area contributed by atoms with Gasteiger partial charge in [-0.15, -0.1) is 24.0 Å². The van der Waals surface area contributed by atoms with E-state index in [1.807, 2.05) is 25.1 Å². The van der Waals surface area contributed by atoms with Crippen molar-refractivity contribution in [1.82, 2.24) is 14.9 Å². The molecule has 29 heavy (non-hydrogen) atoms. The summed E-state index contributed by atoms with van der Waals surface area (Å²) >= 11 is 0. The number of piperidine rings is 1. The van der Waals surface area contributed by atoms with Crippen LogP contribution in [0, 0.1) is 6.92 Å². The van der Waals surface area contributed by atoms with Crippen LogP contribution in [0.25, 0.3) is 11.0 Å². The second-order valence-electron chi connectivity index (χ2n) is 7.21. The van der Waals surface area contributed by atoms with Crippen molar-refractivity contribution in [1.29, 1.82) is 0 Å². The van der Waals surface area contributed by atoms with Gasteiger partial charge in [0.2, 0.25) is 10.0 Å². The largest absolute Gasteiger partial charge is 0.459 e. The Bertz CT molecular complexity index is 934. The van der Waals surface area contributed by atoms with E-state index in [9.17, 15) is 8.42 Å². The second-order valence-corrected chi connectivity index (χ2v) is 9.29. The van der Waals surface area contributed by atoms with Gasteiger partial charge in [-0.2, -0.15) is 0 Å². The third kappa shape index (κ3) is 5.85. The number of nitrogens with zero attached hydrogens (tertiary/aromatic N) is 2. The van der Waals surface area contributed by atoms with Gasteiger partial charge in [0.15, 0.2) is 5.96 Å². The van der Waals surface area contributed by atoms with Gasteiger partial charge in [-0.25, -0.2) is 12.7 Å². The maximum absolute atomic E-state index is 12.2. The van der Waals surface area contributed by atoms with E-state index >= 15 is 0 Å². The number of hydrogen-bond acceptors (Lipinski definition) is 4. The summed E-state index contributed by atoms with van der Waals surface area (Å²) in [6.45, 7) is 5.61. The van der Waals surface area contributed by atoms with Crippen molar-refractivity contribution in [2.75, 3.05) is 25.9 Å². The number of benzene rings is 1. The molecule has 7 nitrogen and oxygen atoms in total. The number of halogens is 1. The number of aliphatic imine (C=N–C) groups is 1. The van der Waals surface area contributed by atoms with Gasteiger partial charge in [0.25, 0.3) is 0 Å². The van der Waals surface area contributed by atoms with Crippen LogP contribution in [-0.4, -0.2) is 50.6 Å². The van der Waals surface area contributed by atoms with E-state index in [2.05, 4.69) is 28.6 Å². The quantitative estimate of drug-likeness (QED) is 0.338. The Kier molecular flexibility index (Phi) is 8.77. The molecular formula is C20H31IN4O3S. The number of hydrogen-bond donors (Lipinski definition) is 2. The highest BCUT2D eigenvalue weighted by atomic mass is 127. The molecule has 1 fully saturated rings. The lowest BCUT2D eigenvalue weighted by molar-refractivity contribution is 0.306. The molecule has 1 saturated heterocycles. The third-order valence-corrected chi connectivity index (χ3v) is 7.31. The van der Waals surface area contributed by atoms with Gasteiger partial charge in [0.05, 0.1) is 12.3 Å². The molecule has 0 radical (unpaired) electrons. The van der Waals surface area contributed by atoms with Crippen LogP contribution in [0.2, 0.25) is 0 Å². The van der Waals surface area contributed by atoms with Gasteiger partial charge in [-0.05, 0) is 32.3 Å². The lowest BCUT2D eigenvalue weighted by Crippen LogP contribution is -2.49. The van der Waals surface area contributed by atoms with Crippen molar-refractivity contribution in [3.05, 3.63) is 35.6 Å². The van der Waals surface area contributed by atoms with Gasteiger partial charge in [0, 0.05) is 37.1 Å². The van der Waals surface area contributed by atoms with Crippen molar-refractivity contribution < 1.29 is 12.8 Å². The Morgan fingerprint density at radius 3 is 2.59 bits per heavy atom. The highest BCUT2D eigenvalue weighted by molar-refractivity contribution is 14.0. The molecule has 2 N–H and O–H groups in total. The molecule has 2 heterocycles. The minimum Gasteiger partial charge on any atom is -0.459 e. The number of nitrogens with one attached hydrogen (secondary N) is 2. The first-order valence-electron chi connectivity index (χ1n) is 9.86. The molecule has 0 aliphatic carbocycles. The molecule has 3 rings (SSSR count). The molecule has 0 bridgehead atoms. The Morgan fingerprint density at radius 2 is 1.97 bits per heavy atom. The maximum atomic E-state index is 12.2. The zero-order valence-corrected chi connectivity index (χ0v) is 20.4. The van der Waals surface area contributed by atoms with E-state index in [0.29, 0.717) is 32.0 Å². The van der Waals surface area contributed by atoms with E-state index in [0.717, 1.165) is 35.1 Å². The number of aryl methyl sites for hydroxylation is 1. The number of fused-ring (bicyclic) bond motifs is 1. The maximum Gasteiger partial charge on any atom is 0.214 e. The standard InChI is InChI=1S/C20H30N4O3S.HI/c1-4-13-28(25,26)24-11-9-16(10-12-24)23-20(21-3)22-14-19-15(2)17-7-5-6-8-18(17)27-19;/h5-8,16H,4,9-14H2,1-3H3,(H2,21,22,23);1H. The molecule has 1 aromatic heterocycles. The monoisotopic (exact) mass is 534 g/mol. The van der Waals surface area contributed by atoms with Crippen LogP contribution in [0.1, 0.15) is 37.5 Å². The molecule has 1 aliphatic heterocycles. The van der Waals surface area contributed by atoms with Gasteiger partial charge in [-0.3, -0.25) is 4.99 Å². The minimum atomic E-state index is -3.11. The number of para-hydroxylation sites is 1. The number of rotatable bonds is 6. The summed E-state index contributed by atoms with van der Waals surface area (Å²) in [7, 11) is -1.37. The summed E-state index contributed by atoms with van der Waals surface area (Å²) in [6, 6.07) is 8.21. The van der Waals surface area contributed by atoms with E-state index in [4.69, 9.17) is 4.42 Å². The fourth-order valence-corrected chi connectivity index (χ4v) is 5.15. The molecular weight excluding hydrogens is 503 g/mol. The second kappa shape index (κ2) is 10.6. The number of sulfonamides is 1. The zero-order chi connectivity index (χ0) is 20.1. The van der Waals surface area contributed by atoms with Crippen molar-refractivity contribution in [2.45, 2.75) is 45.7 Å². The van der Waals surface area contributed by atoms with Gasteiger partial charge in [-0.1, -0.05) is 25.1 Å². The number of guanidine groups is 1. The average molecular weight is 534 g/mol. The van der Waals surface area contributed by atoms with Crippen molar-refractivity contribution >= 4 is 50.9 Å². The van der Waals surface area contributed by atoms with Crippen LogP contribution in [0.4, 0.5) is 0 Å². The minimum absolute atomic E-state index is 0. The zero-order valence-electron chi connectivity index (χ0n) is 17.3. The summed E-state index contributed by atoms with van der Waals surface area (Å²) in [5.41, 5.74) is 2.02. The van der Waals surface area contributed by atoms with Crippen LogP contribution in [0.3, 0.4) is 0 Å². The molecule has 1 aromatic carbocycles. The molecule has 9 heteroatoms. The van der Waals surface area contributed by atoms with Crippen LogP contribution >= 0.6 is 24.0 Å².